The predicted molar refractivity (Wildman–Crippen MR) is 57.8 cm³/mol. The summed E-state index contributed by atoms with van der Waals surface area (Å²) in [7, 11) is 1.75. The van der Waals surface area contributed by atoms with E-state index in [1.807, 2.05) is 12.1 Å². The van der Waals surface area contributed by atoms with Gasteiger partial charge in [-0.15, -0.1) is 0 Å². The number of carbonyl (C=O) groups excluding carboxylic acids is 1. The van der Waals surface area contributed by atoms with Gasteiger partial charge in [0, 0.05) is 20.1 Å². The number of hydrogen-bond acceptors (Lipinski definition) is 4. The van der Waals surface area contributed by atoms with Crippen LogP contribution in [0.25, 0.3) is 0 Å². The highest BCUT2D eigenvalue weighted by atomic mass is 16.5. The van der Waals surface area contributed by atoms with Gasteiger partial charge in [0.15, 0.2) is 0 Å². The first-order valence-corrected chi connectivity index (χ1v) is 5.37. The molecule has 2 heterocycles. The largest absolute Gasteiger partial charge is 0.467 e. The second kappa shape index (κ2) is 5.14. The molecular weight excluding hydrogens is 208 g/mol. The lowest BCUT2D eigenvalue weighted by Gasteiger charge is -2.26. The van der Waals surface area contributed by atoms with Crippen molar-refractivity contribution in [2.75, 3.05) is 26.7 Å². The third-order valence-corrected chi connectivity index (χ3v) is 2.55. The van der Waals surface area contributed by atoms with Gasteiger partial charge in [0.2, 0.25) is 0 Å². The van der Waals surface area contributed by atoms with Gasteiger partial charge in [0.25, 0.3) is 5.91 Å². The Balaban J connectivity index is 1.88. The lowest BCUT2D eigenvalue weighted by molar-refractivity contribution is -0.144. The van der Waals surface area contributed by atoms with Crippen molar-refractivity contribution in [1.29, 1.82) is 0 Å². The van der Waals surface area contributed by atoms with Crippen molar-refractivity contribution in [1.82, 2.24) is 10.2 Å². The molecule has 0 aromatic carbocycles. The molecule has 0 aliphatic carbocycles. The van der Waals surface area contributed by atoms with Crippen molar-refractivity contribution >= 4 is 5.91 Å². The maximum Gasteiger partial charge on any atom is 0.253 e. The van der Waals surface area contributed by atoms with E-state index in [0.717, 1.165) is 12.3 Å². The zero-order valence-electron chi connectivity index (χ0n) is 9.31. The van der Waals surface area contributed by atoms with Gasteiger partial charge < -0.3 is 19.4 Å². The van der Waals surface area contributed by atoms with Crippen LogP contribution >= 0.6 is 0 Å². The third-order valence-electron chi connectivity index (χ3n) is 2.55. The summed E-state index contributed by atoms with van der Waals surface area (Å²) in [5, 5.41) is 3.13. The molecule has 0 saturated carbocycles. The molecule has 5 heteroatoms. The van der Waals surface area contributed by atoms with Crippen molar-refractivity contribution in [2.45, 2.75) is 12.6 Å². The molecule has 0 bridgehead atoms. The molecule has 1 aliphatic heterocycles. The van der Waals surface area contributed by atoms with Crippen molar-refractivity contribution in [3.05, 3.63) is 24.2 Å². The summed E-state index contributed by atoms with van der Waals surface area (Å²) >= 11 is 0. The lowest BCUT2D eigenvalue weighted by Crippen LogP contribution is -2.48. The molecule has 16 heavy (non-hydrogen) atoms. The Bertz CT molecular complexity index is 331. The highest BCUT2D eigenvalue weighted by Gasteiger charge is 2.25. The standard InChI is InChI=1S/C11H16N2O3/c1-13(8-9-3-2-5-15-9)11(14)10-7-12-4-6-16-10/h2-3,5,10,12H,4,6-8H2,1H3. The molecular formula is C11H16N2O3. The Labute approximate surface area is 94.4 Å². The fourth-order valence-electron chi connectivity index (χ4n) is 1.68. The van der Waals surface area contributed by atoms with E-state index < -0.39 is 0 Å². The Morgan fingerprint density at radius 1 is 1.69 bits per heavy atom. The molecule has 2 rings (SSSR count). The van der Waals surface area contributed by atoms with E-state index in [4.69, 9.17) is 9.15 Å². The second-order valence-electron chi connectivity index (χ2n) is 3.84. The third kappa shape index (κ3) is 2.62. The van der Waals surface area contributed by atoms with Crippen LogP contribution in [0, 0.1) is 0 Å². The Morgan fingerprint density at radius 3 is 3.19 bits per heavy atom. The quantitative estimate of drug-likeness (QED) is 0.798. The number of morpholine rings is 1. The molecule has 1 saturated heterocycles. The second-order valence-corrected chi connectivity index (χ2v) is 3.84. The van der Waals surface area contributed by atoms with Crippen LogP contribution in [-0.4, -0.2) is 43.7 Å². The van der Waals surface area contributed by atoms with E-state index in [-0.39, 0.29) is 12.0 Å². The average molecular weight is 224 g/mol. The average Bonchev–Trinajstić information content (AvgIpc) is 2.82. The van der Waals surface area contributed by atoms with Crippen LogP contribution in [0.2, 0.25) is 0 Å². The van der Waals surface area contributed by atoms with Crippen molar-refractivity contribution in [2.24, 2.45) is 0 Å². The molecule has 1 aliphatic rings. The number of nitrogens with one attached hydrogen (secondary N) is 1. The number of furan rings is 1. The normalized spacial score (nSPS) is 20.7. The van der Waals surface area contributed by atoms with E-state index in [1.165, 1.54) is 0 Å². The molecule has 0 radical (unpaired) electrons. The number of rotatable bonds is 3. The molecule has 1 fully saturated rings. The molecule has 1 N–H and O–H groups in total. The molecule has 1 aromatic rings. The molecule has 5 nitrogen and oxygen atoms in total. The summed E-state index contributed by atoms with van der Waals surface area (Å²) in [4.78, 5) is 13.6. The molecule has 88 valence electrons. The first-order valence-electron chi connectivity index (χ1n) is 5.37. The SMILES string of the molecule is CN(Cc1ccco1)C(=O)C1CNCCO1. The van der Waals surface area contributed by atoms with Gasteiger partial charge >= 0.3 is 0 Å². The van der Waals surface area contributed by atoms with Gasteiger partial charge in [-0.05, 0) is 12.1 Å². The molecule has 0 spiro atoms. The van der Waals surface area contributed by atoms with Crippen LogP contribution < -0.4 is 5.32 Å². The number of likely N-dealkylation sites (N-methyl/N-ethyl adjacent to an activating group) is 1. The zero-order chi connectivity index (χ0) is 11.4. The number of nitrogens with zero attached hydrogens (tertiary/aromatic N) is 1. The van der Waals surface area contributed by atoms with Crippen LogP contribution in [0.5, 0.6) is 0 Å². The van der Waals surface area contributed by atoms with Gasteiger partial charge in [-0.2, -0.15) is 0 Å². The number of ether oxygens (including phenoxy) is 1. The van der Waals surface area contributed by atoms with E-state index >= 15 is 0 Å². The zero-order valence-corrected chi connectivity index (χ0v) is 9.31. The number of amides is 1. The number of carbonyl (C=O) groups is 1. The van der Waals surface area contributed by atoms with E-state index in [2.05, 4.69) is 5.32 Å². The van der Waals surface area contributed by atoms with Crippen molar-refractivity contribution < 1.29 is 13.9 Å². The highest BCUT2D eigenvalue weighted by molar-refractivity contribution is 5.81. The molecule has 1 aromatic heterocycles. The topological polar surface area (TPSA) is 54.7 Å². The van der Waals surface area contributed by atoms with Gasteiger partial charge in [-0.25, -0.2) is 0 Å². The maximum atomic E-state index is 11.9. The summed E-state index contributed by atoms with van der Waals surface area (Å²) < 4.78 is 10.6. The molecule has 1 amide bonds. The van der Waals surface area contributed by atoms with Gasteiger partial charge in [-0.3, -0.25) is 4.79 Å². The van der Waals surface area contributed by atoms with Crippen molar-refractivity contribution in [3.8, 4) is 0 Å². The van der Waals surface area contributed by atoms with Crippen LogP contribution in [0.15, 0.2) is 22.8 Å². The minimum absolute atomic E-state index is 0.0106. The summed E-state index contributed by atoms with van der Waals surface area (Å²) in [5.41, 5.74) is 0. The minimum Gasteiger partial charge on any atom is -0.467 e. The Kier molecular flexibility index (Phi) is 3.58. The van der Waals surface area contributed by atoms with Crippen molar-refractivity contribution in [3.63, 3.8) is 0 Å². The predicted octanol–water partition coefficient (Wildman–Crippen LogP) is 0.226. The van der Waals surface area contributed by atoms with Crippen LogP contribution in [-0.2, 0) is 16.1 Å². The maximum absolute atomic E-state index is 11.9. The lowest BCUT2D eigenvalue weighted by atomic mass is 10.2. The first-order chi connectivity index (χ1) is 7.77. The van der Waals surface area contributed by atoms with E-state index in [0.29, 0.717) is 19.7 Å². The highest BCUT2D eigenvalue weighted by Crippen LogP contribution is 2.07. The van der Waals surface area contributed by atoms with Crippen LogP contribution in [0.1, 0.15) is 5.76 Å². The van der Waals surface area contributed by atoms with E-state index in [9.17, 15) is 4.79 Å². The molecule has 1 atom stereocenters. The Morgan fingerprint density at radius 2 is 2.56 bits per heavy atom. The first kappa shape index (κ1) is 11.2. The van der Waals surface area contributed by atoms with Gasteiger partial charge in [0.1, 0.15) is 11.9 Å². The monoisotopic (exact) mass is 224 g/mol. The minimum atomic E-state index is -0.367. The van der Waals surface area contributed by atoms with Gasteiger partial charge in [0.05, 0.1) is 19.4 Å². The Hall–Kier alpha value is -1.33. The molecule has 1 unspecified atom stereocenters. The van der Waals surface area contributed by atoms with E-state index in [1.54, 1.807) is 18.2 Å². The smallest absolute Gasteiger partial charge is 0.253 e. The summed E-state index contributed by atoms with van der Waals surface area (Å²) in [5.74, 6) is 0.767. The van der Waals surface area contributed by atoms with Crippen LogP contribution in [0.3, 0.4) is 0 Å². The summed E-state index contributed by atoms with van der Waals surface area (Å²) in [6, 6.07) is 3.66. The summed E-state index contributed by atoms with van der Waals surface area (Å²) in [6.45, 7) is 2.46. The summed E-state index contributed by atoms with van der Waals surface area (Å²) in [6.07, 6.45) is 1.24. The van der Waals surface area contributed by atoms with Gasteiger partial charge in [-0.1, -0.05) is 0 Å². The fourth-order valence-corrected chi connectivity index (χ4v) is 1.68. The number of hydrogen-bond donors (Lipinski definition) is 1. The van der Waals surface area contributed by atoms with Crippen LogP contribution in [0.4, 0.5) is 0 Å². The fraction of sp³-hybridized carbons (Fsp3) is 0.545.